The fourth-order valence-electron chi connectivity index (χ4n) is 2.42. The number of fused-ring (bicyclic) bond motifs is 1. The summed E-state index contributed by atoms with van der Waals surface area (Å²) in [7, 11) is 0. The van der Waals surface area contributed by atoms with E-state index in [4.69, 9.17) is 0 Å². The van der Waals surface area contributed by atoms with Gasteiger partial charge in [-0.1, -0.05) is 36.9 Å². The van der Waals surface area contributed by atoms with Gasteiger partial charge in [0.25, 0.3) is 5.91 Å². The molecule has 1 amide bonds. The number of hydrogen-bond donors (Lipinski definition) is 2. The number of rotatable bonds is 3. The fourth-order valence-corrected chi connectivity index (χ4v) is 2.42. The highest BCUT2D eigenvalue weighted by Crippen LogP contribution is 2.31. The van der Waals surface area contributed by atoms with Crippen LogP contribution in [0, 0.1) is 6.92 Å². The van der Waals surface area contributed by atoms with Crippen molar-refractivity contribution >= 4 is 17.6 Å². The third kappa shape index (κ3) is 2.01. The van der Waals surface area contributed by atoms with Crippen LogP contribution in [0.15, 0.2) is 48.0 Å². The fraction of sp³-hybridized carbons (Fsp3) is 0.0588. The Balaban J connectivity index is 2.28. The van der Waals surface area contributed by atoms with Crippen molar-refractivity contribution in [3.63, 3.8) is 0 Å². The van der Waals surface area contributed by atoms with E-state index in [1.807, 2.05) is 18.2 Å². The Hall–Kier alpha value is -2.88. The number of nitrogens with one attached hydrogen (secondary N) is 1. The van der Waals surface area contributed by atoms with Crippen molar-refractivity contribution in [2.45, 2.75) is 6.92 Å². The van der Waals surface area contributed by atoms with E-state index in [9.17, 15) is 9.90 Å². The van der Waals surface area contributed by atoms with Crippen molar-refractivity contribution in [2.75, 3.05) is 0 Å². The first kappa shape index (κ1) is 13.1. The number of aromatic nitrogens is 1. The molecule has 0 bridgehead atoms. The minimum Gasteiger partial charge on any atom is -0.505 e. The van der Waals surface area contributed by atoms with Gasteiger partial charge < -0.3 is 10.1 Å². The highest BCUT2D eigenvalue weighted by Gasteiger charge is 2.24. The van der Waals surface area contributed by atoms with E-state index < -0.39 is 0 Å². The number of aromatic amines is 1. The molecule has 0 aliphatic carbocycles. The molecule has 1 aliphatic heterocycles. The van der Waals surface area contributed by atoms with Crippen molar-refractivity contribution in [3.8, 4) is 5.75 Å². The summed E-state index contributed by atoms with van der Waals surface area (Å²) in [5.74, 6) is -0.263. The number of aromatic hydroxyl groups is 1. The largest absolute Gasteiger partial charge is 0.505 e. The number of para-hydroxylation sites is 1. The van der Waals surface area contributed by atoms with Gasteiger partial charge in [0.05, 0.1) is 16.6 Å². The van der Waals surface area contributed by atoms with E-state index in [-0.39, 0.29) is 11.7 Å². The number of carbonyl (C=O) groups excluding carboxylic acids is 1. The lowest BCUT2D eigenvalue weighted by Gasteiger charge is -1.98. The maximum absolute atomic E-state index is 12.1. The van der Waals surface area contributed by atoms with E-state index in [1.54, 1.807) is 31.2 Å². The van der Waals surface area contributed by atoms with E-state index >= 15 is 0 Å². The van der Waals surface area contributed by atoms with Gasteiger partial charge in [0.1, 0.15) is 5.75 Å². The first-order chi connectivity index (χ1) is 10.1. The van der Waals surface area contributed by atoms with Gasteiger partial charge in [-0.3, -0.25) is 4.79 Å². The molecule has 4 heteroatoms. The second kappa shape index (κ2) is 4.90. The zero-order valence-electron chi connectivity index (χ0n) is 11.6. The molecule has 1 aromatic carbocycles. The predicted molar refractivity (Wildman–Crippen MR) is 81.2 cm³/mol. The Labute approximate surface area is 121 Å². The van der Waals surface area contributed by atoms with Crippen molar-refractivity contribution in [1.82, 2.24) is 4.98 Å². The van der Waals surface area contributed by atoms with Gasteiger partial charge in [-0.15, -0.1) is 0 Å². The van der Waals surface area contributed by atoms with Gasteiger partial charge in [0.2, 0.25) is 0 Å². The third-order valence-electron chi connectivity index (χ3n) is 3.51. The zero-order valence-corrected chi connectivity index (χ0v) is 11.6. The highest BCUT2D eigenvalue weighted by atomic mass is 16.3. The SMILES string of the molecule is C=C/C=C\c1[nH]c(C2=c3ccccc3=NC2=O)c(O)c1C. The van der Waals surface area contributed by atoms with Crippen molar-refractivity contribution in [2.24, 2.45) is 4.99 Å². The lowest BCUT2D eigenvalue weighted by Crippen LogP contribution is -2.22. The highest BCUT2D eigenvalue weighted by molar-refractivity contribution is 6.21. The summed E-state index contributed by atoms with van der Waals surface area (Å²) in [6, 6.07) is 7.29. The molecule has 0 fully saturated rings. The molecular formula is C17H14N2O2. The first-order valence-corrected chi connectivity index (χ1v) is 6.57. The third-order valence-corrected chi connectivity index (χ3v) is 3.51. The van der Waals surface area contributed by atoms with Crippen LogP contribution in [0.1, 0.15) is 17.0 Å². The molecule has 1 aromatic heterocycles. The van der Waals surface area contributed by atoms with Crippen molar-refractivity contribution in [3.05, 3.63) is 70.5 Å². The van der Waals surface area contributed by atoms with Gasteiger partial charge in [-0.25, -0.2) is 4.99 Å². The number of benzene rings is 1. The van der Waals surface area contributed by atoms with Crippen LogP contribution in [-0.2, 0) is 4.79 Å². The molecule has 0 atom stereocenters. The molecule has 1 aliphatic rings. The topological polar surface area (TPSA) is 65.5 Å². The standard InChI is InChI=1S/C17H14N2O2/c1-3-4-8-12-10(2)16(20)15(18-12)14-11-7-5-6-9-13(11)19-17(14)21/h3-9,18,20H,1H2,2H3/b8-4-. The Morgan fingerprint density at radius 1 is 1.33 bits per heavy atom. The maximum atomic E-state index is 12.1. The molecule has 0 unspecified atom stereocenters. The molecule has 0 radical (unpaired) electrons. The van der Waals surface area contributed by atoms with Crippen molar-refractivity contribution < 1.29 is 9.90 Å². The van der Waals surface area contributed by atoms with E-state index in [0.717, 1.165) is 10.9 Å². The number of H-pyrrole nitrogens is 1. The average molecular weight is 278 g/mol. The first-order valence-electron chi connectivity index (χ1n) is 6.57. The normalized spacial score (nSPS) is 13.6. The predicted octanol–water partition coefficient (Wildman–Crippen LogP) is 1.59. The summed E-state index contributed by atoms with van der Waals surface area (Å²) >= 11 is 0. The molecule has 0 spiro atoms. The second-order valence-electron chi connectivity index (χ2n) is 4.79. The van der Waals surface area contributed by atoms with Gasteiger partial charge in [0.15, 0.2) is 0 Å². The summed E-state index contributed by atoms with van der Waals surface area (Å²) < 4.78 is 0. The number of amides is 1. The molecule has 2 aromatic rings. The minimum atomic E-state index is -0.341. The number of allylic oxidation sites excluding steroid dienone is 2. The minimum absolute atomic E-state index is 0.0777. The molecular weight excluding hydrogens is 264 g/mol. The smallest absolute Gasteiger partial charge is 0.280 e. The summed E-state index contributed by atoms with van der Waals surface area (Å²) in [6.45, 7) is 5.41. The van der Waals surface area contributed by atoms with Gasteiger partial charge >= 0.3 is 0 Å². The molecule has 3 rings (SSSR count). The number of carbonyl (C=O) groups is 1. The monoisotopic (exact) mass is 278 g/mol. The Morgan fingerprint density at radius 2 is 2.10 bits per heavy atom. The van der Waals surface area contributed by atoms with Gasteiger partial charge in [-0.2, -0.15) is 0 Å². The lowest BCUT2D eigenvalue weighted by atomic mass is 10.1. The van der Waals surface area contributed by atoms with Crippen LogP contribution >= 0.6 is 0 Å². The van der Waals surface area contributed by atoms with Crippen molar-refractivity contribution in [1.29, 1.82) is 0 Å². The lowest BCUT2D eigenvalue weighted by molar-refractivity contribution is -0.112. The number of nitrogens with zero attached hydrogens (tertiary/aromatic N) is 1. The van der Waals surface area contributed by atoms with Crippen LogP contribution in [0.25, 0.3) is 11.6 Å². The maximum Gasteiger partial charge on any atom is 0.280 e. The molecule has 104 valence electrons. The summed E-state index contributed by atoms with van der Waals surface area (Å²) in [5.41, 5.74) is 2.25. The van der Waals surface area contributed by atoms with Gasteiger partial charge in [-0.05, 0) is 19.1 Å². The average Bonchev–Trinajstić information content (AvgIpc) is 2.95. The number of hydrogen-bond acceptors (Lipinski definition) is 2. The molecule has 0 saturated carbocycles. The molecule has 0 saturated heterocycles. The Kier molecular flexibility index (Phi) is 3.06. The van der Waals surface area contributed by atoms with E-state index in [2.05, 4.69) is 16.6 Å². The summed E-state index contributed by atoms with van der Waals surface area (Å²) in [6.07, 6.45) is 5.21. The summed E-state index contributed by atoms with van der Waals surface area (Å²) in [4.78, 5) is 19.3. The van der Waals surface area contributed by atoms with Crippen LogP contribution in [0.2, 0.25) is 0 Å². The van der Waals surface area contributed by atoms with Gasteiger partial charge in [0, 0.05) is 16.5 Å². The van der Waals surface area contributed by atoms with Crippen LogP contribution in [0.5, 0.6) is 5.75 Å². The molecule has 2 heterocycles. The van der Waals surface area contributed by atoms with Crippen LogP contribution < -0.4 is 10.6 Å². The van der Waals surface area contributed by atoms with Crippen LogP contribution in [-0.4, -0.2) is 16.0 Å². The molecule has 2 N–H and O–H groups in total. The van der Waals surface area contributed by atoms with E-state index in [1.165, 1.54) is 0 Å². The quantitative estimate of drug-likeness (QED) is 0.837. The Bertz CT molecular complexity index is 901. The molecule has 21 heavy (non-hydrogen) atoms. The Morgan fingerprint density at radius 3 is 2.86 bits per heavy atom. The van der Waals surface area contributed by atoms with Crippen LogP contribution in [0.4, 0.5) is 0 Å². The second-order valence-corrected chi connectivity index (χ2v) is 4.79. The zero-order chi connectivity index (χ0) is 15.0. The summed E-state index contributed by atoms with van der Waals surface area (Å²) in [5, 5.41) is 11.7. The van der Waals surface area contributed by atoms with E-state index in [0.29, 0.717) is 22.2 Å². The molecule has 4 nitrogen and oxygen atoms in total. The van der Waals surface area contributed by atoms with Crippen LogP contribution in [0.3, 0.4) is 0 Å².